The molecule has 1 aliphatic heterocycles. The van der Waals surface area contributed by atoms with E-state index in [0.717, 1.165) is 18.2 Å². The number of carboxylic acid groups (broad SMARTS) is 1. The van der Waals surface area contributed by atoms with Crippen molar-refractivity contribution in [1.29, 1.82) is 0 Å². The lowest BCUT2D eigenvalue weighted by Gasteiger charge is -2.34. The van der Waals surface area contributed by atoms with Crippen LogP contribution >= 0.6 is 0 Å². The van der Waals surface area contributed by atoms with Crippen molar-refractivity contribution < 1.29 is 31.9 Å². The summed E-state index contributed by atoms with van der Waals surface area (Å²) in [4.78, 5) is 26.1. The third-order valence-electron chi connectivity index (χ3n) is 5.55. The Hall–Kier alpha value is -3.77. The number of anilines is 2. The van der Waals surface area contributed by atoms with E-state index in [4.69, 9.17) is 10.8 Å². The average molecular weight is 482 g/mol. The summed E-state index contributed by atoms with van der Waals surface area (Å²) < 4.78 is 70.4. The first-order valence-corrected chi connectivity index (χ1v) is 10.1. The molecule has 0 spiro atoms. The highest BCUT2D eigenvalue weighted by Gasteiger charge is 2.38. The Morgan fingerprint density at radius 2 is 1.71 bits per heavy atom. The number of aromatic nitrogens is 3. The first kappa shape index (κ1) is 23.4. The van der Waals surface area contributed by atoms with Gasteiger partial charge in [-0.05, 0) is 24.3 Å². The van der Waals surface area contributed by atoms with E-state index < -0.39 is 40.6 Å². The second-order valence-electron chi connectivity index (χ2n) is 7.89. The fraction of sp³-hybridized carbons (Fsp3) is 0.333. The maximum atomic E-state index is 14.7. The lowest BCUT2D eigenvalue weighted by Crippen LogP contribution is -2.48. The minimum Gasteiger partial charge on any atom is -0.465 e. The lowest BCUT2D eigenvalue weighted by molar-refractivity contribution is -0.137. The third-order valence-corrected chi connectivity index (χ3v) is 5.55. The molecule has 3 heterocycles. The number of carbonyl (C=O) groups is 1. The molecule has 2 aromatic heterocycles. The number of benzene rings is 1. The summed E-state index contributed by atoms with van der Waals surface area (Å²) in [6.07, 6.45) is -4.75. The summed E-state index contributed by atoms with van der Waals surface area (Å²) in [5, 5.41) is 9.33. The van der Waals surface area contributed by atoms with Gasteiger partial charge < -0.3 is 20.6 Å². The summed E-state index contributed by atoms with van der Waals surface area (Å²) in [5.41, 5.74) is 2.66. The standard InChI is InChI=1S/C21H19F5N6O2/c1-20(22,23)14-8-12-15(9-11(14)17-13(21(24,25)26)2-3-16(27)30-17)28-10-29-18(12)31-4-6-32(7-5-31)19(33)34/h2-3,8-10H,4-7H2,1H3,(H2,27,30)(H,33,34). The fourth-order valence-corrected chi connectivity index (χ4v) is 3.92. The second-order valence-corrected chi connectivity index (χ2v) is 7.89. The molecule has 3 aromatic rings. The molecule has 1 aromatic carbocycles. The zero-order valence-electron chi connectivity index (χ0n) is 17.8. The molecule has 3 N–H and O–H groups in total. The van der Waals surface area contributed by atoms with Crippen molar-refractivity contribution in [3.05, 3.63) is 41.7 Å². The molecule has 34 heavy (non-hydrogen) atoms. The number of hydrogen-bond acceptors (Lipinski definition) is 6. The first-order valence-electron chi connectivity index (χ1n) is 10.1. The van der Waals surface area contributed by atoms with E-state index >= 15 is 0 Å². The predicted octanol–water partition coefficient (Wildman–Crippen LogP) is 4.20. The van der Waals surface area contributed by atoms with Crippen molar-refractivity contribution in [3.63, 3.8) is 0 Å². The molecule has 0 unspecified atom stereocenters. The van der Waals surface area contributed by atoms with Gasteiger partial charge in [-0.25, -0.2) is 28.5 Å². The maximum absolute atomic E-state index is 14.7. The number of pyridine rings is 1. The number of alkyl halides is 5. The molecule has 1 amide bonds. The number of hydrogen-bond donors (Lipinski definition) is 2. The number of nitrogen functional groups attached to an aromatic ring is 1. The fourth-order valence-electron chi connectivity index (χ4n) is 3.92. The molecule has 1 aliphatic rings. The molecule has 0 radical (unpaired) electrons. The van der Waals surface area contributed by atoms with Crippen molar-refractivity contribution in [2.24, 2.45) is 0 Å². The first-order chi connectivity index (χ1) is 15.9. The number of fused-ring (bicyclic) bond motifs is 1. The van der Waals surface area contributed by atoms with Crippen LogP contribution in [0.1, 0.15) is 18.1 Å². The number of rotatable bonds is 3. The van der Waals surface area contributed by atoms with Gasteiger partial charge in [0.15, 0.2) is 0 Å². The van der Waals surface area contributed by atoms with E-state index in [2.05, 4.69) is 15.0 Å². The van der Waals surface area contributed by atoms with Crippen LogP contribution in [-0.2, 0) is 12.1 Å². The summed E-state index contributed by atoms with van der Waals surface area (Å²) >= 11 is 0. The smallest absolute Gasteiger partial charge is 0.418 e. The van der Waals surface area contributed by atoms with Crippen LogP contribution in [0.3, 0.4) is 0 Å². The van der Waals surface area contributed by atoms with E-state index in [1.807, 2.05) is 0 Å². The second kappa shape index (κ2) is 8.22. The Morgan fingerprint density at radius 3 is 2.29 bits per heavy atom. The Kier molecular flexibility index (Phi) is 5.66. The topological polar surface area (TPSA) is 108 Å². The Labute approximate surface area is 189 Å². The largest absolute Gasteiger partial charge is 0.465 e. The molecule has 0 bridgehead atoms. The van der Waals surface area contributed by atoms with Crippen LogP contribution < -0.4 is 10.6 Å². The summed E-state index contributed by atoms with van der Waals surface area (Å²) in [6, 6.07) is 3.84. The zero-order valence-corrected chi connectivity index (χ0v) is 17.8. The van der Waals surface area contributed by atoms with Crippen LogP contribution in [0.4, 0.5) is 38.4 Å². The molecule has 4 rings (SSSR count). The highest BCUT2D eigenvalue weighted by atomic mass is 19.4. The average Bonchev–Trinajstić information content (AvgIpc) is 2.76. The molecule has 1 fully saturated rings. The van der Waals surface area contributed by atoms with Gasteiger partial charge in [-0.15, -0.1) is 0 Å². The summed E-state index contributed by atoms with van der Waals surface area (Å²) in [5.74, 6) is -3.51. The number of piperazine rings is 1. The molecule has 8 nitrogen and oxygen atoms in total. The molecule has 0 saturated carbocycles. The van der Waals surface area contributed by atoms with Crippen LogP contribution in [0, 0.1) is 0 Å². The quantitative estimate of drug-likeness (QED) is 0.539. The predicted molar refractivity (Wildman–Crippen MR) is 114 cm³/mol. The van der Waals surface area contributed by atoms with Crippen molar-refractivity contribution in [3.8, 4) is 11.3 Å². The van der Waals surface area contributed by atoms with Gasteiger partial charge in [-0.1, -0.05) is 0 Å². The van der Waals surface area contributed by atoms with Gasteiger partial charge in [-0.3, -0.25) is 0 Å². The maximum Gasteiger partial charge on any atom is 0.418 e. The zero-order chi connectivity index (χ0) is 24.8. The number of halogens is 5. The van der Waals surface area contributed by atoms with Gasteiger partial charge in [0.25, 0.3) is 5.92 Å². The van der Waals surface area contributed by atoms with E-state index in [0.29, 0.717) is 13.0 Å². The van der Waals surface area contributed by atoms with E-state index in [1.165, 1.54) is 11.2 Å². The normalized spacial score (nSPS) is 15.1. The van der Waals surface area contributed by atoms with Crippen LogP contribution in [0.15, 0.2) is 30.6 Å². The van der Waals surface area contributed by atoms with Crippen molar-refractivity contribution in [2.45, 2.75) is 19.0 Å². The molecule has 13 heteroatoms. The molecule has 180 valence electrons. The Bertz CT molecular complexity index is 1250. The van der Waals surface area contributed by atoms with Gasteiger partial charge in [0, 0.05) is 49.6 Å². The van der Waals surface area contributed by atoms with Crippen LogP contribution in [0.2, 0.25) is 0 Å². The van der Waals surface area contributed by atoms with Crippen molar-refractivity contribution in [2.75, 3.05) is 36.8 Å². The SMILES string of the molecule is CC(F)(F)c1cc2c(N3CCN(C(=O)O)CC3)ncnc2cc1-c1nc(N)ccc1C(F)(F)F. The molecule has 0 aliphatic carbocycles. The summed E-state index contributed by atoms with van der Waals surface area (Å²) in [7, 11) is 0. The van der Waals surface area contributed by atoms with Crippen LogP contribution in [0.25, 0.3) is 22.2 Å². The number of amides is 1. The number of nitrogens with zero attached hydrogens (tertiary/aromatic N) is 5. The van der Waals surface area contributed by atoms with E-state index in [-0.39, 0.29) is 48.7 Å². The van der Waals surface area contributed by atoms with Gasteiger partial charge in [-0.2, -0.15) is 13.2 Å². The van der Waals surface area contributed by atoms with Crippen LogP contribution in [0.5, 0.6) is 0 Å². The van der Waals surface area contributed by atoms with E-state index in [1.54, 1.807) is 4.90 Å². The van der Waals surface area contributed by atoms with Gasteiger partial charge in [0.2, 0.25) is 0 Å². The van der Waals surface area contributed by atoms with Crippen molar-refractivity contribution in [1.82, 2.24) is 19.9 Å². The molecular weight excluding hydrogens is 463 g/mol. The highest BCUT2D eigenvalue weighted by molar-refractivity contribution is 5.94. The Balaban J connectivity index is 1.91. The monoisotopic (exact) mass is 482 g/mol. The number of nitrogens with two attached hydrogens (primary N) is 1. The van der Waals surface area contributed by atoms with Gasteiger partial charge in [0.1, 0.15) is 18.0 Å². The highest BCUT2D eigenvalue weighted by Crippen LogP contribution is 2.43. The van der Waals surface area contributed by atoms with E-state index in [9.17, 15) is 26.7 Å². The Morgan fingerprint density at radius 1 is 1.03 bits per heavy atom. The lowest BCUT2D eigenvalue weighted by atomic mass is 9.94. The van der Waals surface area contributed by atoms with Gasteiger partial charge in [0.05, 0.1) is 16.8 Å². The molecule has 0 atom stereocenters. The third kappa shape index (κ3) is 4.37. The molecular formula is C21H19F5N6O2. The summed E-state index contributed by atoms with van der Waals surface area (Å²) in [6.45, 7) is 1.45. The minimum atomic E-state index is -4.86. The van der Waals surface area contributed by atoms with Crippen molar-refractivity contribution >= 4 is 28.6 Å². The van der Waals surface area contributed by atoms with Crippen LogP contribution in [-0.4, -0.2) is 57.2 Å². The minimum absolute atomic E-state index is 0.131. The molecule has 1 saturated heterocycles. The van der Waals surface area contributed by atoms with Gasteiger partial charge >= 0.3 is 12.3 Å².